The van der Waals surface area contributed by atoms with Crippen LogP contribution in [0.25, 0.3) is 0 Å². The van der Waals surface area contributed by atoms with Crippen molar-refractivity contribution in [3.05, 3.63) is 34.9 Å². The molecule has 0 bridgehead atoms. The fourth-order valence-corrected chi connectivity index (χ4v) is 1.98. The largest absolute Gasteiger partial charge is 0.384 e. The van der Waals surface area contributed by atoms with Crippen LogP contribution in [0.1, 0.15) is 23.1 Å². The Balaban J connectivity index is 2.47. The van der Waals surface area contributed by atoms with Crippen LogP contribution in [-0.2, 0) is 6.42 Å². The van der Waals surface area contributed by atoms with Crippen molar-refractivity contribution in [3.63, 3.8) is 0 Å². The number of hydrogen-bond donors (Lipinski definition) is 4. The van der Waals surface area contributed by atoms with Crippen molar-refractivity contribution in [3.8, 4) is 0 Å². The molecule has 0 atom stereocenters. The van der Waals surface area contributed by atoms with Crippen LogP contribution in [0, 0.1) is 5.41 Å². The molecule has 0 heterocycles. The van der Waals surface area contributed by atoms with Crippen LogP contribution in [0.2, 0.25) is 0 Å². The SMILES string of the molecule is N=C(N)c1cccc2c1CC/C2=N\N=C(N)N. The average Bonchev–Trinajstić information content (AvgIpc) is 2.68. The van der Waals surface area contributed by atoms with Crippen molar-refractivity contribution in [2.45, 2.75) is 12.8 Å². The first-order valence-corrected chi connectivity index (χ1v) is 5.21. The van der Waals surface area contributed by atoms with E-state index in [0.29, 0.717) is 0 Å². The molecule has 6 heteroatoms. The van der Waals surface area contributed by atoms with Crippen LogP contribution in [0.15, 0.2) is 28.4 Å². The molecule has 1 aromatic rings. The lowest BCUT2D eigenvalue weighted by Crippen LogP contribution is -2.22. The monoisotopic (exact) mass is 230 g/mol. The van der Waals surface area contributed by atoms with E-state index in [2.05, 4.69) is 10.2 Å². The molecule has 0 saturated carbocycles. The maximum absolute atomic E-state index is 7.51. The molecule has 0 aromatic heterocycles. The number of hydrogen-bond acceptors (Lipinski definition) is 3. The molecule has 1 aromatic carbocycles. The summed E-state index contributed by atoms with van der Waals surface area (Å²) < 4.78 is 0. The average molecular weight is 230 g/mol. The normalized spacial score (nSPS) is 15.6. The molecule has 0 amide bonds. The van der Waals surface area contributed by atoms with Gasteiger partial charge in [0.2, 0.25) is 5.96 Å². The number of amidine groups is 1. The van der Waals surface area contributed by atoms with E-state index < -0.39 is 0 Å². The van der Waals surface area contributed by atoms with E-state index in [1.54, 1.807) is 0 Å². The Morgan fingerprint density at radius 3 is 2.59 bits per heavy atom. The van der Waals surface area contributed by atoms with Gasteiger partial charge in [-0.05, 0) is 18.4 Å². The number of nitrogens with one attached hydrogen (secondary N) is 1. The van der Waals surface area contributed by atoms with Crippen molar-refractivity contribution in [1.29, 1.82) is 5.41 Å². The van der Waals surface area contributed by atoms with Gasteiger partial charge in [-0.3, -0.25) is 5.41 Å². The predicted molar refractivity (Wildman–Crippen MR) is 68.1 cm³/mol. The summed E-state index contributed by atoms with van der Waals surface area (Å²) in [5.41, 5.74) is 19.6. The maximum atomic E-state index is 7.51. The van der Waals surface area contributed by atoms with Crippen LogP contribution < -0.4 is 17.2 Å². The summed E-state index contributed by atoms with van der Waals surface area (Å²) in [6.45, 7) is 0. The molecular weight excluding hydrogens is 216 g/mol. The number of fused-ring (bicyclic) bond motifs is 1. The summed E-state index contributed by atoms with van der Waals surface area (Å²) in [5.74, 6) is 0.0126. The molecule has 1 aliphatic rings. The molecule has 0 radical (unpaired) electrons. The van der Waals surface area contributed by atoms with Crippen molar-refractivity contribution < 1.29 is 0 Å². The topological polar surface area (TPSA) is 127 Å². The second-order valence-corrected chi connectivity index (χ2v) is 3.82. The smallest absolute Gasteiger partial charge is 0.211 e. The predicted octanol–water partition coefficient (Wildman–Crippen LogP) is -0.106. The summed E-state index contributed by atoms with van der Waals surface area (Å²) in [6, 6.07) is 5.63. The number of benzene rings is 1. The van der Waals surface area contributed by atoms with Gasteiger partial charge in [-0.25, -0.2) is 0 Å². The lowest BCUT2D eigenvalue weighted by molar-refractivity contribution is 1.07. The zero-order chi connectivity index (χ0) is 12.4. The minimum Gasteiger partial charge on any atom is -0.384 e. The number of guanidine groups is 1. The van der Waals surface area contributed by atoms with Crippen molar-refractivity contribution in [2.24, 2.45) is 27.4 Å². The summed E-state index contributed by atoms with van der Waals surface area (Å²) in [4.78, 5) is 0. The van der Waals surface area contributed by atoms with E-state index in [1.165, 1.54) is 0 Å². The molecule has 1 aliphatic carbocycles. The second-order valence-electron chi connectivity index (χ2n) is 3.82. The molecule has 0 fully saturated rings. The quantitative estimate of drug-likeness (QED) is 0.321. The van der Waals surface area contributed by atoms with Gasteiger partial charge in [0.15, 0.2) is 0 Å². The minimum absolute atomic E-state index is 0.0614. The highest BCUT2D eigenvalue weighted by Gasteiger charge is 2.21. The first-order chi connectivity index (χ1) is 8.09. The summed E-state index contributed by atoms with van der Waals surface area (Å²) in [6.07, 6.45) is 1.57. The highest BCUT2D eigenvalue weighted by Crippen LogP contribution is 2.25. The summed E-state index contributed by atoms with van der Waals surface area (Å²) in [7, 11) is 0. The van der Waals surface area contributed by atoms with E-state index in [0.717, 1.165) is 35.2 Å². The fraction of sp³-hybridized carbons (Fsp3) is 0.182. The molecule has 7 N–H and O–H groups in total. The molecule has 17 heavy (non-hydrogen) atoms. The molecule has 0 unspecified atom stereocenters. The third-order valence-electron chi connectivity index (χ3n) is 2.68. The van der Waals surface area contributed by atoms with Crippen LogP contribution in [0.4, 0.5) is 0 Å². The maximum Gasteiger partial charge on any atom is 0.211 e. The zero-order valence-electron chi connectivity index (χ0n) is 9.27. The van der Waals surface area contributed by atoms with E-state index in [1.807, 2.05) is 18.2 Å². The second kappa shape index (κ2) is 4.25. The Hall–Kier alpha value is -2.37. The Labute approximate surface area is 98.7 Å². The minimum atomic E-state index is -0.0614. The van der Waals surface area contributed by atoms with Gasteiger partial charge in [0.05, 0.1) is 5.71 Å². The van der Waals surface area contributed by atoms with E-state index in [-0.39, 0.29) is 11.8 Å². The van der Waals surface area contributed by atoms with Crippen molar-refractivity contribution in [2.75, 3.05) is 0 Å². The lowest BCUT2D eigenvalue weighted by Gasteiger charge is -2.05. The lowest BCUT2D eigenvalue weighted by atomic mass is 10.0. The highest BCUT2D eigenvalue weighted by molar-refractivity contribution is 6.08. The molecule has 6 nitrogen and oxygen atoms in total. The zero-order valence-corrected chi connectivity index (χ0v) is 9.27. The number of nitrogens with two attached hydrogens (primary N) is 3. The molecule has 2 rings (SSSR count). The summed E-state index contributed by atoms with van der Waals surface area (Å²) >= 11 is 0. The number of nitrogen functional groups attached to an aromatic ring is 1. The molecule has 0 spiro atoms. The van der Waals surface area contributed by atoms with Crippen molar-refractivity contribution >= 4 is 17.5 Å². The van der Waals surface area contributed by atoms with Crippen LogP contribution in [0.5, 0.6) is 0 Å². The van der Waals surface area contributed by atoms with Gasteiger partial charge in [-0.2, -0.15) is 5.10 Å². The van der Waals surface area contributed by atoms with Gasteiger partial charge in [0, 0.05) is 11.1 Å². The van der Waals surface area contributed by atoms with Crippen LogP contribution >= 0.6 is 0 Å². The highest BCUT2D eigenvalue weighted by atomic mass is 15.3. The number of nitrogens with zero attached hydrogens (tertiary/aromatic N) is 2. The van der Waals surface area contributed by atoms with Gasteiger partial charge in [0.1, 0.15) is 5.84 Å². The van der Waals surface area contributed by atoms with Gasteiger partial charge < -0.3 is 17.2 Å². The van der Waals surface area contributed by atoms with E-state index in [9.17, 15) is 0 Å². The standard InChI is InChI=1S/C11H14N6/c12-10(13)8-3-1-2-7-6(8)4-5-9(7)16-17-11(14)15/h1-3H,4-5H2,(H3,12,13)(H4,14,15,17)/b16-9+. The third-order valence-corrected chi connectivity index (χ3v) is 2.68. The first-order valence-electron chi connectivity index (χ1n) is 5.21. The van der Waals surface area contributed by atoms with Crippen LogP contribution in [-0.4, -0.2) is 17.5 Å². The van der Waals surface area contributed by atoms with Gasteiger partial charge in [-0.15, -0.1) is 5.10 Å². The third kappa shape index (κ3) is 2.10. The number of rotatable bonds is 2. The van der Waals surface area contributed by atoms with Gasteiger partial charge in [-0.1, -0.05) is 18.2 Å². The van der Waals surface area contributed by atoms with Crippen LogP contribution in [0.3, 0.4) is 0 Å². The van der Waals surface area contributed by atoms with Gasteiger partial charge in [0.25, 0.3) is 0 Å². The van der Waals surface area contributed by atoms with E-state index >= 15 is 0 Å². The Bertz CT molecular complexity index is 525. The van der Waals surface area contributed by atoms with Crippen molar-refractivity contribution in [1.82, 2.24) is 0 Å². The Morgan fingerprint density at radius 1 is 1.18 bits per heavy atom. The van der Waals surface area contributed by atoms with Gasteiger partial charge >= 0.3 is 0 Å². The first kappa shape index (κ1) is 11.1. The summed E-state index contributed by atoms with van der Waals surface area (Å²) in [5, 5.41) is 15.2. The molecule has 0 aliphatic heterocycles. The fourth-order valence-electron chi connectivity index (χ4n) is 1.98. The Kier molecular flexibility index (Phi) is 2.78. The Morgan fingerprint density at radius 2 is 1.94 bits per heavy atom. The van der Waals surface area contributed by atoms with E-state index in [4.69, 9.17) is 22.6 Å². The molecular formula is C11H14N6. The molecule has 0 saturated heterocycles. The molecule has 88 valence electrons.